The van der Waals surface area contributed by atoms with Crippen molar-refractivity contribution in [3.8, 4) is 6.07 Å². The maximum absolute atomic E-state index is 14.1. The van der Waals surface area contributed by atoms with Crippen molar-refractivity contribution in [2.24, 2.45) is 0 Å². The lowest BCUT2D eigenvalue weighted by molar-refractivity contribution is 0.0746. The number of piperazine rings is 1. The third-order valence-corrected chi connectivity index (χ3v) is 4.54. The third kappa shape index (κ3) is 3.46. The minimum atomic E-state index is -1.14. The largest absolute Gasteiger partial charge is 0.366 e. The van der Waals surface area contributed by atoms with Crippen molar-refractivity contribution in [2.75, 3.05) is 31.1 Å². The summed E-state index contributed by atoms with van der Waals surface area (Å²) in [7, 11) is 0. The summed E-state index contributed by atoms with van der Waals surface area (Å²) in [6.07, 6.45) is 0. The molecule has 1 saturated heterocycles. The van der Waals surface area contributed by atoms with Gasteiger partial charge in [-0.2, -0.15) is 5.26 Å². The van der Waals surface area contributed by atoms with E-state index in [1.54, 1.807) is 4.90 Å². The van der Waals surface area contributed by atoms with Gasteiger partial charge in [0.15, 0.2) is 11.6 Å². The number of anilines is 1. The second kappa shape index (κ2) is 7.26. The van der Waals surface area contributed by atoms with Crippen molar-refractivity contribution in [3.63, 3.8) is 0 Å². The van der Waals surface area contributed by atoms with Gasteiger partial charge in [0, 0.05) is 26.2 Å². The van der Waals surface area contributed by atoms with E-state index in [2.05, 4.69) is 0 Å². The minimum Gasteiger partial charge on any atom is -0.366 e. The van der Waals surface area contributed by atoms with Gasteiger partial charge in [-0.15, -0.1) is 0 Å². The summed E-state index contributed by atoms with van der Waals surface area (Å²) >= 11 is 5.85. The van der Waals surface area contributed by atoms with Gasteiger partial charge in [-0.05, 0) is 30.3 Å². The van der Waals surface area contributed by atoms with Crippen LogP contribution in [0.2, 0.25) is 5.02 Å². The van der Waals surface area contributed by atoms with Crippen LogP contribution in [0, 0.1) is 28.8 Å². The lowest BCUT2D eigenvalue weighted by atomic mass is 10.1. The van der Waals surface area contributed by atoms with Crippen molar-refractivity contribution in [3.05, 3.63) is 63.9 Å². The summed E-state index contributed by atoms with van der Waals surface area (Å²) in [4.78, 5) is 15.7. The predicted molar refractivity (Wildman–Crippen MR) is 90.6 cm³/mol. The van der Waals surface area contributed by atoms with Gasteiger partial charge in [-0.25, -0.2) is 13.2 Å². The Morgan fingerprint density at radius 3 is 2.27 bits per heavy atom. The van der Waals surface area contributed by atoms with Gasteiger partial charge in [0.1, 0.15) is 5.82 Å². The van der Waals surface area contributed by atoms with E-state index < -0.39 is 23.4 Å². The zero-order chi connectivity index (χ0) is 18.8. The highest BCUT2D eigenvalue weighted by molar-refractivity contribution is 6.33. The summed E-state index contributed by atoms with van der Waals surface area (Å²) in [5, 5.41) is 8.63. The number of amides is 1. The number of hydrogen-bond donors (Lipinski definition) is 0. The average Bonchev–Trinajstić information content (AvgIpc) is 2.64. The zero-order valence-corrected chi connectivity index (χ0v) is 14.2. The number of carbonyl (C=O) groups is 1. The van der Waals surface area contributed by atoms with Crippen LogP contribution in [-0.2, 0) is 0 Å². The van der Waals surface area contributed by atoms with E-state index in [1.165, 1.54) is 17.0 Å². The Morgan fingerprint density at radius 2 is 1.65 bits per heavy atom. The van der Waals surface area contributed by atoms with Crippen molar-refractivity contribution >= 4 is 23.2 Å². The van der Waals surface area contributed by atoms with E-state index >= 15 is 0 Å². The molecule has 4 nitrogen and oxygen atoms in total. The third-order valence-electron chi connectivity index (χ3n) is 4.22. The maximum Gasteiger partial charge on any atom is 0.255 e. The number of halogens is 4. The molecule has 1 aliphatic heterocycles. The van der Waals surface area contributed by atoms with Gasteiger partial charge in [0.05, 0.1) is 27.9 Å². The summed E-state index contributed by atoms with van der Waals surface area (Å²) in [6.45, 7) is 1.26. The molecule has 0 aromatic heterocycles. The normalized spacial score (nSPS) is 14.3. The Bertz CT molecular complexity index is 905. The summed E-state index contributed by atoms with van der Waals surface area (Å²) in [5.41, 5.74) is 0.471. The first-order valence-electron chi connectivity index (χ1n) is 7.79. The number of nitrogens with zero attached hydrogens (tertiary/aromatic N) is 3. The molecule has 8 heteroatoms. The predicted octanol–water partition coefficient (Wildman–Crippen LogP) is 3.59. The molecule has 0 radical (unpaired) electrons. The first-order valence-corrected chi connectivity index (χ1v) is 8.17. The quantitative estimate of drug-likeness (QED) is 0.749. The standard InChI is InChI=1S/C18H13ClF3N3O/c19-13-9-15(21)14(20)8-12(13)18(26)25-5-3-24(4-6-25)17-2-1-11(10-23)7-16(17)22/h1-2,7-9H,3-6H2. The highest BCUT2D eigenvalue weighted by atomic mass is 35.5. The van der Waals surface area contributed by atoms with Crippen molar-refractivity contribution < 1.29 is 18.0 Å². The van der Waals surface area contributed by atoms with Crippen LogP contribution in [-0.4, -0.2) is 37.0 Å². The van der Waals surface area contributed by atoms with E-state index in [1.807, 2.05) is 6.07 Å². The van der Waals surface area contributed by atoms with E-state index in [9.17, 15) is 18.0 Å². The van der Waals surface area contributed by atoms with Crippen LogP contribution < -0.4 is 4.90 Å². The van der Waals surface area contributed by atoms with Crippen LogP contribution >= 0.6 is 11.6 Å². The SMILES string of the molecule is N#Cc1ccc(N2CCN(C(=O)c3cc(F)c(F)cc3Cl)CC2)c(F)c1. The maximum atomic E-state index is 14.1. The smallest absolute Gasteiger partial charge is 0.255 e. The molecule has 0 unspecified atom stereocenters. The molecule has 134 valence electrons. The van der Waals surface area contributed by atoms with Gasteiger partial charge in [0.25, 0.3) is 5.91 Å². The number of benzene rings is 2. The fourth-order valence-electron chi connectivity index (χ4n) is 2.84. The Labute approximate surface area is 153 Å². The van der Waals surface area contributed by atoms with Crippen LogP contribution in [0.4, 0.5) is 18.9 Å². The van der Waals surface area contributed by atoms with Gasteiger partial charge in [-0.3, -0.25) is 4.79 Å². The number of rotatable bonds is 2. The van der Waals surface area contributed by atoms with Crippen molar-refractivity contribution in [1.82, 2.24) is 4.90 Å². The molecule has 0 spiro atoms. The van der Waals surface area contributed by atoms with Crippen molar-refractivity contribution in [1.29, 1.82) is 5.26 Å². The summed E-state index contributed by atoms with van der Waals surface area (Å²) in [5.74, 6) is -3.27. The van der Waals surface area contributed by atoms with Crippen molar-refractivity contribution in [2.45, 2.75) is 0 Å². The number of carbonyl (C=O) groups excluding carboxylic acids is 1. The van der Waals surface area contributed by atoms with Gasteiger partial charge >= 0.3 is 0 Å². The topological polar surface area (TPSA) is 47.3 Å². The monoisotopic (exact) mass is 379 g/mol. The molecule has 0 aliphatic carbocycles. The van der Waals surface area contributed by atoms with E-state index in [0.29, 0.717) is 18.8 Å². The number of nitriles is 1. The molecule has 2 aromatic carbocycles. The Balaban J connectivity index is 1.72. The van der Waals surface area contributed by atoms with E-state index in [4.69, 9.17) is 16.9 Å². The lowest BCUT2D eigenvalue weighted by Gasteiger charge is -2.36. The summed E-state index contributed by atoms with van der Waals surface area (Å²) < 4.78 is 40.7. The van der Waals surface area contributed by atoms with Crippen LogP contribution in [0.15, 0.2) is 30.3 Å². The van der Waals surface area contributed by atoms with Gasteiger partial charge < -0.3 is 9.80 Å². The molecule has 1 aliphatic rings. The first kappa shape index (κ1) is 18.1. The molecule has 3 rings (SSSR count). The number of hydrogen-bond acceptors (Lipinski definition) is 3. The molecule has 0 atom stereocenters. The Kier molecular flexibility index (Phi) is 5.05. The summed E-state index contributed by atoms with van der Waals surface area (Å²) in [6, 6.07) is 7.64. The van der Waals surface area contributed by atoms with Crippen LogP contribution in [0.5, 0.6) is 0 Å². The highest BCUT2D eigenvalue weighted by Gasteiger charge is 2.26. The molecule has 2 aromatic rings. The van der Waals surface area contributed by atoms with Gasteiger partial charge in [0.2, 0.25) is 0 Å². The van der Waals surface area contributed by atoms with Crippen LogP contribution in [0.25, 0.3) is 0 Å². The molecule has 26 heavy (non-hydrogen) atoms. The average molecular weight is 380 g/mol. The molecule has 0 N–H and O–H groups in total. The Hall–Kier alpha value is -2.72. The first-order chi connectivity index (χ1) is 12.4. The fraction of sp³-hybridized carbons (Fsp3) is 0.222. The fourth-order valence-corrected chi connectivity index (χ4v) is 3.07. The van der Waals surface area contributed by atoms with E-state index in [0.717, 1.165) is 18.2 Å². The molecule has 1 amide bonds. The zero-order valence-electron chi connectivity index (χ0n) is 13.5. The van der Waals surface area contributed by atoms with E-state index in [-0.39, 0.29) is 29.2 Å². The second-order valence-corrected chi connectivity index (χ2v) is 6.21. The molecule has 1 heterocycles. The van der Waals surface area contributed by atoms with Crippen LogP contribution in [0.1, 0.15) is 15.9 Å². The molecular formula is C18H13ClF3N3O. The Morgan fingerprint density at radius 1 is 1.00 bits per heavy atom. The lowest BCUT2D eigenvalue weighted by Crippen LogP contribution is -2.49. The molecule has 1 fully saturated rings. The molecule has 0 saturated carbocycles. The minimum absolute atomic E-state index is 0.108. The van der Waals surface area contributed by atoms with Gasteiger partial charge in [-0.1, -0.05) is 11.6 Å². The molecule has 0 bridgehead atoms. The highest BCUT2D eigenvalue weighted by Crippen LogP contribution is 2.25. The van der Waals surface area contributed by atoms with Crippen LogP contribution in [0.3, 0.4) is 0 Å². The molecular weight excluding hydrogens is 367 g/mol. The second-order valence-electron chi connectivity index (χ2n) is 5.80.